The standard InChI is InChI=1S/C17H12F2N4O2/c18-10-5-6-13(21-17(25)14-7-8-16(24)23-22-14)15(9-10)20-12-4-2-1-3-11(12)19/h1-9,20H,(H,21,25)(H,23,24). The van der Waals surface area contributed by atoms with Crippen LogP contribution >= 0.6 is 0 Å². The van der Waals surface area contributed by atoms with Crippen molar-refractivity contribution in [1.29, 1.82) is 0 Å². The summed E-state index contributed by atoms with van der Waals surface area (Å²) in [4.78, 5) is 23.2. The predicted octanol–water partition coefficient (Wildman–Crippen LogP) is 3.04. The Hall–Kier alpha value is -3.55. The Morgan fingerprint density at radius 1 is 0.960 bits per heavy atom. The number of halogens is 2. The van der Waals surface area contributed by atoms with Gasteiger partial charge in [0.05, 0.1) is 17.1 Å². The van der Waals surface area contributed by atoms with E-state index in [1.54, 1.807) is 6.07 Å². The van der Waals surface area contributed by atoms with Gasteiger partial charge < -0.3 is 10.6 Å². The van der Waals surface area contributed by atoms with Gasteiger partial charge in [0.25, 0.3) is 11.5 Å². The first-order chi connectivity index (χ1) is 12.0. The maximum Gasteiger partial charge on any atom is 0.276 e. The molecule has 8 heteroatoms. The van der Waals surface area contributed by atoms with E-state index in [2.05, 4.69) is 20.8 Å². The zero-order valence-corrected chi connectivity index (χ0v) is 12.7. The monoisotopic (exact) mass is 342 g/mol. The zero-order valence-electron chi connectivity index (χ0n) is 12.7. The lowest BCUT2D eigenvalue weighted by atomic mass is 10.2. The third-order valence-corrected chi connectivity index (χ3v) is 3.28. The molecule has 0 radical (unpaired) electrons. The van der Waals surface area contributed by atoms with Crippen LogP contribution in [0.4, 0.5) is 25.8 Å². The molecule has 0 unspecified atom stereocenters. The minimum atomic E-state index is -0.612. The summed E-state index contributed by atoms with van der Waals surface area (Å²) in [5, 5.41) is 11.0. The normalized spacial score (nSPS) is 10.3. The largest absolute Gasteiger partial charge is 0.351 e. The van der Waals surface area contributed by atoms with Crippen molar-refractivity contribution >= 4 is 23.0 Å². The van der Waals surface area contributed by atoms with E-state index >= 15 is 0 Å². The topological polar surface area (TPSA) is 86.9 Å². The first-order valence-corrected chi connectivity index (χ1v) is 7.21. The Bertz CT molecular complexity index is 968. The third-order valence-electron chi connectivity index (χ3n) is 3.28. The van der Waals surface area contributed by atoms with E-state index in [0.29, 0.717) is 0 Å². The fraction of sp³-hybridized carbons (Fsp3) is 0. The van der Waals surface area contributed by atoms with Crippen LogP contribution in [0.25, 0.3) is 0 Å². The van der Waals surface area contributed by atoms with E-state index in [4.69, 9.17) is 0 Å². The maximum atomic E-state index is 13.8. The smallest absolute Gasteiger partial charge is 0.276 e. The van der Waals surface area contributed by atoms with E-state index in [-0.39, 0.29) is 22.8 Å². The Labute approximate surface area is 140 Å². The van der Waals surface area contributed by atoms with Crippen molar-refractivity contribution in [1.82, 2.24) is 10.2 Å². The summed E-state index contributed by atoms with van der Waals surface area (Å²) >= 11 is 0. The van der Waals surface area contributed by atoms with E-state index in [1.807, 2.05) is 0 Å². The molecule has 0 aliphatic rings. The summed E-state index contributed by atoms with van der Waals surface area (Å²) in [5.41, 5.74) is 0.0531. The van der Waals surface area contributed by atoms with Gasteiger partial charge in [-0.2, -0.15) is 5.10 Å². The number of amides is 1. The quantitative estimate of drug-likeness (QED) is 0.680. The van der Waals surface area contributed by atoms with Gasteiger partial charge in [0.2, 0.25) is 0 Å². The van der Waals surface area contributed by atoms with Crippen molar-refractivity contribution in [3.05, 3.63) is 82.3 Å². The molecule has 2 aromatic carbocycles. The van der Waals surface area contributed by atoms with Gasteiger partial charge in [-0.05, 0) is 36.4 Å². The SMILES string of the molecule is O=C(Nc1ccc(F)cc1Nc1ccccc1F)c1ccc(=O)[nH]n1. The molecule has 0 atom stereocenters. The van der Waals surface area contributed by atoms with Gasteiger partial charge in [-0.15, -0.1) is 0 Å². The second-order valence-corrected chi connectivity index (χ2v) is 5.06. The molecule has 6 nitrogen and oxygen atoms in total. The molecule has 0 fully saturated rings. The van der Waals surface area contributed by atoms with Crippen LogP contribution in [-0.4, -0.2) is 16.1 Å². The second kappa shape index (κ2) is 6.91. The molecule has 3 N–H and O–H groups in total. The van der Waals surface area contributed by atoms with E-state index in [9.17, 15) is 18.4 Å². The number of hydrogen-bond donors (Lipinski definition) is 3. The van der Waals surface area contributed by atoms with Crippen LogP contribution in [0.1, 0.15) is 10.5 Å². The number of nitrogens with one attached hydrogen (secondary N) is 3. The number of rotatable bonds is 4. The molecule has 1 heterocycles. The van der Waals surface area contributed by atoms with Crippen LogP contribution < -0.4 is 16.2 Å². The average molecular weight is 342 g/mol. The van der Waals surface area contributed by atoms with Crippen molar-refractivity contribution < 1.29 is 13.6 Å². The van der Waals surface area contributed by atoms with Crippen LogP contribution in [0.15, 0.2) is 59.4 Å². The summed E-state index contributed by atoms with van der Waals surface area (Å²) in [6.45, 7) is 0. The number of benzene rings is 2. The number of hydrogen-bond acceptors (Lipinski definition) is 4. The van der Waals surface area contributed by atoms with Crippen molar-refractivity contribution in [2.24, 2.45) is 0 Å². The molecule has 0 bridgehead atoms. The van der Waals surface area contributed by atoms with Gasteiger partial charge in [0.15, 0.2) is 0 Å². The minimum Gasteiger partial charge on any atom is -0.351 e. The number of nitrogens with zero attached hydrogens (tertiary/aromatic N) is 1. The van der Waals surface area contributed by atoms with Gasteiger partial charge >= 0.3 is 0 Å². The summed E-state index contributed by atoms with van der Waals surface area (Å²) in [6.07, 6.45) is 0. The van der Waals surface area contributed by atoms with Gasteiger partial charge in [-0.3, -0.25) is 9.59 Å². The van der Waals surface area contributed by atoms with Crippen LogP contribution in [0.5, 0.6) is 0 Å². The van der Waals surface area contributed by atoms with Gasteiger partial charge in [0.1, 0.15) is 17.3 Å². The highest BCUT2D eigenvalue weighted by Gasteiger charge is 2.13. The Morgan fingerprint density at radius 3 is 2.48 bits per heavy atom. The van der Waals surface area contributed by atoms with Crippen LogP contribution in [0.2, 0.25) is 0 Å². The number of aromatic amines is 1. The lowest BCUT2D eigenvalue weighted by Crippen LogP contribution is -2.18. The highest BCUT2D eigenvalue weighted by atomic mass is 19.1. The highest BCUT2D eigenvalue weighted by molar-refractivity contribution is 6.04. The molecule has 0 aliphatic heterocycles. The average Bonchev–Trinajstić information content (AvgIpc) is 2.60. The Morgan fingerprint density at radius 2 is 1.76 bits per heavy atom. The maximum absolute atomic E-state index is 13.8. The Kier molecular flexibility index (Phi) is 4.51. The summed E-state index contributed by atoms with van der Waals surface area (Å²) in [5.74, 6) is -1.69. The second-order valence-electron chi connectivity index (χ2n) is 5.06. The minimum absolute atomic E-state index is 0.0271. The summed E-state index contributed by atoms with van der Waals surface area (Å²) in [6, 6.07) is 11.9. The summed E-state index contributed by atoms with van der Waals surface area (Å²) < 4.78 is 27.3. The number of H-pyrrole nitrogens is 1. The number of anilines is 3. The molecular formula is C17H12F2N4O2. The van der Waals surface area contributed by atoms with E-state index in [1.165, 1.54) is 30.3 Å². The van der Waals surface area contributed by atoms with E-state index < -0.39 is 23.1 Å². The van der Waals surface area contributed by atoms with E-state index in [0.717, 1.165) is 18.2 Å². The Balaban J connectivity index is 1.89. The third kappa shape index (κ3) is 3.86. The molecule has 0 saturated heterocycles. The van der Waals surface area contributed by atoms with Gasteiger partial charge in [0, 0.05) is 6.07 Å². The van der Waals surface area contributed by atoms with Crippen molar-refractivity contribution in [2.45, 2.75) is 0 Å². The molecule has 1 amide bonds. The van der Waals surface area contributed by atoms with Crippen molar-refractivity contribution in [2.75, 3.05) is 10.6 Å². The lowest BCUT2D eigenvalue weighted by molar-refractivity contribution is 0.102. The van der Waals surface area contributed by atoms with Crippen molar-refractivity contribution in [3.8, 4) is 0 Å². The predicted molar refractivity (Wildman–Crippen MR) is 88.9 cm³/mol. The zero-order chi connectivity index (χ0) is 17.8. The first-order valence-electron chi connectivity index (χ1n) is 7.21. The lowest BCUT2D eigenvalue weighted by Gasteiger charge is -2.13. The molecule has 0 saturated carbocycles. The highest BCUT2D eigenvalue weighted by Crippen LogP contribution is 2.28. The number of para-hydroxylation sites is 1. The fourth-order valence-electron chi connectivity index (χ4n) is 2.09. The molecule has 126 valence electrons. The molecule has 0 aliphatic carbocycles. The van der Waals surface area contributed by atoms with Gasteiger partial charge in [-0.1, -0.05) is 12.1 Å². The molecule has 3 aromatic rings. The van der Waals surface area contributed by atoms with Crippen molar-refractivity contribution in [3.63, 3.8) is 0 Å². The first kappa shape index (κ1) is 16.3. The number of carbonyl (C=O) groups is 1. The van der Waals surface area contributed by atoms with Crippen LogP contribution in [0.3, 0.4) is 0 Å². The molecule has 25 heavy (non-hydrogen) atoms. The van der Waals surface area contributed by atoms with Crippen LogP contribution in [0, 0.1) is 11.6 Å². The molecule has 1 aromatic heterocycles. The van der Waals surface area contributed by atoms with Crippen LogP contribution in [-0.2, 0) is 0 Å². The number of carbonyl (C=O) groups excluding carboxylic acids is 1. The molecule has 3 rings (SSSR count). The fourth-order valence-corrected chi connectivity index (χ4v) is 2.09. The molecular weight excluding hydrogens is 330 g/mol. The molecule has 0 spiro atoms. The van der Waals surface area contributed by atoms with Gasteiger partial charge in [-0.25, -0.2) is 13.9 Å². The number of aromatic nitrogens is 2. The summed E-state index contributed by atoms with van der Waals surface area (Å²) in [7, 11) is 0.